The standard InChI is InChI=1S/C17H24FNO4S/c1-11(2)23-16(21)14(19-24(22)17(3,4)5)10-15(20)12-6-8-13(18)9-7-12/h6-9,11,14,19H,10H2,1-5H3/t14-,24?/m1/s1. The number of Topliss-reactive ketones (excluding diaryl/α,β-unsaturated/α-hetero) is 1. The number of ketones is 1. The second kappa shape index (κ2) is 8.48. The van der Waals surface area contributed by atoms with E-state index in [4.69, 9.17) is 4.74 Å². The maximum atomic E-state index is 12.9. The van der Waals surface area contributed by atoms with E-state index in [2.05, 4.69) is 4.72 Å². The Kier molecular flexibility index (Phi) is 7.23. The smallest absolute Gasteiger partial charge is 0.324 e. The van der Waals surface area contributed by atoms with E-state index in [-0.39, 0.29) is 23.9 Å². The van der Waals surface area contributed by atoms with Crippen molar-refractivity contribution >= 4 is 22.7 Å². The van der Waals surface area contributed by atoms with Crippen molar-refractivity contribution in [3.8, 4) is 0 Å². The van der Waals surface area contributed by atoms with Crippen molar-refractivity contribution < 1.29 is 22.9 Å². The van der Waals surface area contributed by atoms with Crippen molar-refractivity contribution in [3.05, 3.63) is 35.6 Å². The van der Waals surface area contributed by atoms with Gasteiger partial charge in [-0.15, -0.1) is 0 Å². The van der Waals surface area contributed by atoms with Crippen molar-refractivity contribution in [1.82, 2.24) is 4.72 Å². The Hall–Kier alpha value is -1.60. The van der Waals surface area contributed by atoms with Crippen molar-refractivity contribution in [2.24, 2.45) is 0 Å². The summed E-state index contributed by atoms with van der Waals surface area (Å²) in [6.45, 7) is 8.64. The number of carbonyl (C=O) groups excluding carboxylic acids is 2. The van der Waals surface area contributed by atoms with E-state index in [1.54, 1.807) is 34.6 Å². The Morgan fingerprint density at radius 3 is 2.21 bits per heavy atom. The van der Waals surface area contributed by atoms with E-state index in [0.717, 1.165) is 0 Å². The van der Waals surface area contributed by atoms with Crippen molar-refractivity contribution in [2.45, 2.75) is 57.9 Å². The van der Waals surface area contributed by atoms with Crippen molar-refractivity contribution in [2.75, 3.05) is 0 Å². The number of ether oxygens (including phenoxy) is 1. The third-order valence-electron chi connectivity index (χ3n) is 3.00. The molecule has 0 saturated carbocycles. The first kappa shape index (κ1) is 20.4. The molecule has 1 aromatic carbocycles. The Morgan fingerprint density at radius 2 is 1.75 bits per heavy atom. The highest BCUT2D eigenvalue weighted by molar-refractivity contribution is 7.84. The summed E-state index contributed by atoms with van der Waals surface area (Å²) in [7, 11) is -1.54. The first-order valence-corrected chi connectivity index (χ1v) is 8.83. The van der Waals surface area contributed by atoms with Gasteiger partial charge >= 0.3 is 5.97 Å². The maximum Gasteiger partial charge on any atom is 0.324 e. The molecule has 0 saturated heterocycles. The summed E-state index contributed by atoms with van der Waals surface area (Å²) in [5, 5.41) is 0. The minimum absolute atomic E-state index is 0.223. The van der Waals surface area contributed by atoms with Gasteiger partial charge in [0.15, 0.2) is 5.78 Å². The predicted octanol–water partition coefficient (Wildman–Crippen LogP) is 2.77. The number of esters is 1. The molecule has 0 amide bonds. The lowest BCUT2D eigenvalue weighted by molar-refractivity contribution is -0.149. The van der Waals surface area contributed by atoms with Crippen LogP contribution in [0.4, 0.5) is 4.39 Å². The molecule has 1 unspecified atom stereocenters. The molecule has 0 aliphatic carbocycles. The van der Waals surface area contributed by atoms with Gasteiger partial charge in [-0.1, -0.05) is 0 Å². The van der Waals surface area contributed by atoms with Crippen LogP contribution in [0.15, 0.2) is 24.3 Å². The van der Waals surface area contributed by atoms with Gasteiger partial charge < -0.3 is 4.74 Å². The molecule has 2 atom stereocenters. The fraction of sp³-hybridized carbons (Fsp3) is 0.529. The molecule has 24 heavy (non-hydrogen) atoms. The first-order valence-electron chi connectivity index (χ1n) is 7.68. The molecule has 7 heteroatoms. The second-order valence-electron chi connectivity index (χ2n) is 6.67. The quantitative estimate of drug-likeness (QED) is 0.602. The molecule has 0 aromatic heterocycles. The molecule has 0 fully saturated rings. The van der Waals surface area contributed by atoms with E-state index < -0.39 is 33.6 Å². The Bertz CT molecular complexity index is 608. The van der Waals surface area contributed by atoms with E-state index in [1.807, 2.05) is 0 Å². The van der Waals surface area contributed by atoms with Gasteiger partial charge in [0.05, 0.1) is 21.8 Å². The molecule has 0 heterocycles. The van der Waals surface area contributed by atoms with Crippen LogP contribution in [0.25, 0.3) is 0 Å². The summed E-state index contributed by atoms with van der Waals surface area (Å²) < 4.78 is 32.4. The summed E-state index contributed by atoms with van der Waals surface area (Å²) in [6, 6.07) is 4.02. The van der Waals surface area contributed by atoms with Gasteiger partial charge in [-0.3, -0.25) is 9.59 Å². The number of carbonyl (C=O) groups is 2. The summed E-state index contributed by atoms with van der Waals surface area (Å²) >= 11 is 0. The number of hydrogen-bond acceptors (Lipinski definition) is 4. The molecule has 5 nitrogen and oxygen atoms in total. The van der Waals surface area contributed by atoms with Gasteiger partial charge in [-0.25, -0.2) is 13.3 Å². The minimum Gasteiger partial charge on any atom is -0.462 e. The molecule has 1 aromatic rings. The molecule has 134 valence electrons. The molecule has 1 rings (SSSR count). The maximum absolute atomic E-state index is 12.9. The fourth-order valence-corrected chi connectivity index (χ4v) is 2.52. The fourth-order valence-electron chi connectivity index (χ4n) is 1.73. The Balaban J connectivity index is 2.91. The predicted molar refractivity (Wildman–Crippen MR) is 91.4 cm³/mol. The molecular weight excluding hydrogens is 333 g/mol. The monoisotopic (exact) mass is 357 g/mol. The van der Waals surface area contributed by atoms with Crippen LogP contribution in [0.3, 0.4) is 0 Å². The molecule has 1 N–H and O–H groups in total. The van der Waals surface area contributed by atoms with Crippen LogP contribution < -0.4 is 4.72 Å². The molecule has 0 bridgehead atoms. The third-order valence-corrected chi connectivity index (χ3v) is 4.61. The lowest BCUT2D eigenvalue weighted by Gasteiger charge is -2.23. The highest BCUT2D eigenvalue weighted by Crippen LogP contribution is 2.14. The van der Waals surface area contributed by atoms with Crippen molar-refractivity contribution in [1.29, 1.82) is 0 Å². The van der Waals surface area contributed by atoms with Gasteiger partial charge in [-0.2, -0.15) is 0 Å². The number of rotatable bonds is 7. The van der Waals surface area contributed by atoms with Crippen LogP contribution in [0.2, 0.25) is 0 Å². The first-order chi connectivity index (χ1) is 11.0. The van der Waals surface area contributed by atoms with Crippen LogP contribution in [0, 0.1) is 5.82 Å². The number of halogens is 1. The highest BCUT2D eigenvalue weighted by Gasteiger charge is 2.30. The molecule has 0 aliphatic heterocycles. The van der Waals surface area contributed by atoms with Gasteiger partial charge in [0.25, 0.3) is 0 Å². The second-order valence-corrected chi connectivity index (χ2v) is 8.67. The van der Waals surface area contributed by atoms with Crippen LogP contribution in [0.5, 0.6) is 0 Å². The summed E-state index contributed by atoms with van der Waals surface area (Å²) in [5.74, 6) is -1.45. The summed E-state index contributed by atoms with van der Waals surface area (Å²) in [6.07, 6.45) is -0.579. The summed E-state index contributed by atoms with van der Waals surface area (Å²) in [4.78, 5) is 24.5. The normalized spacial score (nSPS) is 14.3. The minimum atomic E-state index is -1.54. The van der Waals surface area contributed by atoms with Crippen molar-refractivity contribution in [3.63, 3.8) is 0 Å². The van der Waals surface area contributed by atoms with Crippen LogP contribution in [-0.2, 0) is 20.5 Å². The van der Waals surface area contributed by atoms with Crippen LogP contribution in [-0.4, -0.2) is 32.9 Å². The van der Waals surface area contributed by atoms with Crippen LogP contribution >= 0.6 is 0 Å². The van der Waals surface area contributed by atoms with E-state index in [1.165, 1.54) is 24.3 Å². The zero-order chi connectivity index (χ0) is 18.5. The topological polar surface area (TPSA) is 72.5 Å². The van der Waals surface area contributed by atoms with E-state index in [9.17, 15) is 18.2 Å². The molecular formula is C17H24FNO4S. The molecule has 0 aliphatic rings. The highest BCUT2D eigenvalue weighted by atomic mass is 32.2. The van der Waals surface area contributed by atoms with Crippen LogP contribution in [0.1, 0.15) is 51.4 Å². The van der Waals surface area contributed by atoms with Gasteiger partial charge in [0.1, 0.15) is 11.9 Å². The average molecular weight is 357 g/mol. The zero-order valence-corrected chi connectivity index (χ0v) is 15.4. The average Bonchev–Trinajstić information content (AvgIpc) is 2.45. The van der Waals surface area contributed by atoms with E-state index >= 15 is 0 Å². The van der Waals surface area contributed by atoms with E-state index in [0.29, 0.717) is 0 Å². The number of benzene rings is 1. The van der Waals surface area contributed by atoms with Gasteiger partial charge in [0, 0.05) is 12.0 Å². The molecule has 0 radical (unpaired) electrons. The summed E-state index contributed by atoms with van der Waals surface area (Å²) in [5.41, 5.74) is 0.280. The largest absolute Gasteiger partial charge is 0.462 e. The third kappa shape index (κ3) is 6.49. The Morgan fingerprint density at radius 1 is 1.21 bits per heavy atom. The SMILES string of the molecule is CC(C)OC(=O)[C@@H](CC(=O)c1ccc(F)cc1)NS(=O)C(C)(C)C. The van der Waals surface area contributed by atoms with Gasteiger partial charge in [-0.05, 0) is 58.9 Å². The zero-order valence-electron chi connectivity index (χ0n) is 14.6. The number of nitrogens with one attached hydrogen (secondary N) is 1. The van der Waals surface area contributed by atoms with Gasteiger partial charge in [0.2, 0.25) is 0 Å². The number of hydrogen-bond donors (Lipinski definition) is 1. The lowest BCUT2D eigenvalue weighted by Crippen LogP contribution is -2.46. The molecule has 0 spiro atoms. The Labute approximate surface area is 144 Å². The lowest BCUT2D eigenvalue weighted by atomic mass is 10.0.